The van der Waals surface area contributed by atoms with E-state index >= 15 is 0 Å². The van der Waals surface area contributed by atoms with E-state index in [0.717, 1.165) is 12.1 Å². The van der Waals surface area contributed by atoms with E-state index in [2.05, 4.69) is 0 Å². The summed E-state index contributed by atoms with van der Waals surface area (Å²) in [5.41, 5.74) is 4.93. The van der Waals surface area contributed by atoms with Gasteiger partial charge in [0.05, 0.1) is 16.7 Å². The average molecular weight is 301 g/mol. The van der Waals surface area contributed by atoms with Crippen LogP contribution in [0.1, 0.15) is 31.1 Å². The summed E-state index contributed by atoms with van der Waals surface area (Å²) in [6, 6.07) is 8.57. The fourth-order valence-electron chi connectivity index (χ4n) is 2.05. The fraction of sp³-hybridized carbons (Fsp3) is 0. The number of anilines is 1. The summed E-state index contributed by atoms with van der Waals surface area (Å²) >= 11 is 0. The van der Waals surface area contributed by atoms with E-state index in [1.807, 2.05) is 0 Å². The molecule has 7 nitrogen and oxygen atoms in total. The lowest BCUT2D eigenvalue weighted by molar-refractivity contribution is 0.0633. The maximum atomic E-state index is 11.3. The Balaban J connectivity index is 2.77. The predicted molar refractivity (Wildman–Crippen MR) is 77.2 cm³/mol. The molecule has 0 atom stereocenters. The largest absolute Gasteiger partial charge is 0.478 e. The third-order valence-corrected chi connectivity index (χ3v) is 3.06. The van der Waals surface area contributed by atoms with Gasteiger partial charge in [-0.05, 0) is 35.4 Å². The molecule has 0 spiro atoms. The molecule has 0 fully saturated rings. The summed E-state index contributed by atoms with van der Waals surface area (Å²) in [7, 11) is 0. The Morgan fingerprint density at radius 1 is 0.727 bits per heavy atom. The van der Waals surface area contributed by atoms with E-state index in [-0.39, 0.29) is 5.56 Å². The van der Waals surface area contributed by atoms with Crippen molar-refractivity contribution in [2.24, 2.45) is 0 Å². The van der Waals surface area contributed by atoms with Gasteiger partial charge in [-0.25, -0.2) is 14.4 Å². The van der Waals surface area contributed by atoms with E-state index in [0.29, 0.717) is 11.3 Å². The van der Waals surface area contributed by atoms with Gasteiger partial charge in [0.15, 0.2) is 0 Å². The normalized spacial score (nSPS) is 10.2. The first-order chi connectivity index (χ1) is 10.3. The van der Waals surface area contributed by atoms with Crippen LogP contribution in [0.4, 0.5) is 5.69 Å². The molecular formula is C15H11NO6. The first-order valence-electron chi connectivity index (χ1n) is 6.05. The molecule has 2 rings (SSSR count). The van der Waals surface area contributed by atoms with Crippen LogP contribution in [0.2, 0.25) is 0 Å². The van der Waals surface area contributed by atoms with Gasteiger partial charge in [-0.15, -0.1) is 0 Å². The molecule has 0 unspecified atom stereocenters. The predicted octanol–water partition coefficient (Wildman–Crippen LogP) is 2.03. The zero-order valence-corrected chi connectivity index (χ0v) is 11.1. The summed E-state index contributed by atoms with van der Waals surface area (Å²) in [4.78, 5) is 33.7. The number of nitrogen functional groups attached to an aromatic ring is 1. The maximum Gasteiger partial charge on any atom is 0.337 e. The summed E-state index contributed by atoms with van der Waals surface area (Å²) in [6.45, 7) is 0. The number of benzene rings is 2. The number of hydrogen-bond donors (Lipinski definition) is 4. The Kier molecular flexibility index (Phi) is 3.81. The number of rotatable bonds is 4. The molecule has 2 aromatic carbocycles. The van der Waals surface area contributed by atoms with Crippen LogP contribution in [0.3, 0.4) is 0 Å². The van der Waals surface area contributed by atoms with Crippen molar-refractivity contribution in [1.82, 2.24) is 0 Å². The molecule has 22 heavy (non-hydrogen) atoms. The minimum Gasteiger partial charge on any atom is -0.478 e. The standard InChI is InChI=1S/C15H11NO6/c16-9-3-1-7(2-4-9)8-5-10(13(17)18)12(15(21)22)11(6-8)14(19)20/h1-6H,16H2,(H,17,18)(H,19,20)(H,21,22). The molecule has 5 N–H and O–H groups in total. The molecule has 0 aromatic heterocycles. The molecule has 0 aliphatic heterocycles. The lowest BCUT2D eigenvalue weighted by Gasteiger charge is -2.10. The van der Waals surface area contributed by atoms with Crippen LogP contribution in [0.25, 0.3) is 11.1 Å². The van der Waals surface area contributed by atoms with Crippen molar-refractivity contribution < 1.29 is 29.7 Å². The molecule has 112 valence electrons. The van der Waals surface area contributed by atoms with Crippen molar-refractivity contribution in [3.05, 3.63) is 53.1 Å². The number of carboxylic acids is 3. The Hall–Kier alpha value is -3.35. The third-order valence-electron chi connectivity index (χ3n) is 3.06. The minimum atomic E-state index is -1.61. The maximum absolute atomic E-state index is 11.3. The molecule has 0 saturated heterocycles. The smallest absolute Gasteiger partial charge is 0.337 e. The summed E-state index contributed by atoms with van der Waals surface area (Å²) in [5, 5.41) is 27.4. The summed E-state index contributed by atoms with van der Waals surface area (Å²) in [6.07, 6.45) is 0. The summed E-state index contributed by atoms with van der Waals surface area (Å²) < 4.78 is 0. The molecule has 0 saturated carbocycles. The van der Waals surface area contributed by atoms with Gasteiger partial charge in [0.25, 0.3) is 0 Å². The first kappa shape index (κ1) is 15.0. The number of carbonyl (C=O) groups is 3. The van der Waals surface area contributed by atoms with Gasteiger partial charge >= 0.3 is 17.9 Å². The zero-order chi connectivity index (χ0) is 16.4. The van der Waals surface area contributed by atoms with E-state index in [1.165, 1.54) is 0 Å². The SMILES string of the molecule is Nc1ccc(-c2cc(C(=O)O)c(C(=O)O)c(C(=O)O)c2)cc1. The quantitative estimate of drug-likeness (QED) is 0.634. The third kappa shape index (κ3) is 2.73. The fourth-order valence-corrected chi connectivity index (χ4v) is 2.05. The highest BCUT2D eigenvalue weighted by Crippen LogP contribution is 2.27. The van der Waals surface area contributed by atoms with Crippen LogP contribution in [0, 0.1) is 0 Å². The van der Waals surface area contributed by atoms with Crippen molar-refractivity contribution in [2.45, 2.75) is 0 Å². The molecule has 0 radical (unpaired) electrons. The van der Waals surface area contributed by atoms with Gasteiger partial charge in [-0.2, -0.15) is 0 Å². The zero-order valence-electron chi connectivity index (χ0n) is 11.1. The average Bonchev–Trinajstić information content (AvgIpc) is 2.46. The van der Waals surface area contributed by atoms with Crippen LogP contribution < -0.4 is 5.73 Å². The molecule has 0 bridgehead atoms. The van der Waals surface area contributed by atoms with Crippen LogP contribution in [0.15, 0.2) is 36.4 Å². The Morgan fingerprint density at radius 3 is 1.55 bits per heavy atom. The molecule has 0 amide bonds. The Labute approximate surface area is 124 Å². The highest BCUT2D eigenvalue weighted by atomic mass is 16.4. The number of hydrogen-bond acceptors (Lipinski definition) is 4. The van der Waals surface area contributed by atoms with Crippen LogP contribution >= 0.6 is 0 Å². The second-order valence-corrected chi connectivity index (χ2v) is 4.48. The van der Waals surface area contributed by atoms with Crippen LogP contribution in [-0.4, -0.2) is 33.2 Å². The minimum absolute atomic E-state index is 0.278. The van der Waals surface area contributed by atoms with E-state index in [9.17, 15) is 14.4 Å². The highest BCUT2D eigenvalue weighted by Gasteiger charge is 2.25. The molecule has 0 aliphatic rings. The molecule has 2 aromatic rings. The topological polar surface area (TPSA) is 138 Å². The molecule has 0 aliphatic carbocycles. The van der Waals surface area contributed by atoms with Gasteiger partial charge in [-0.3, -0.25) is 0 Å². The lowest BCUT2D eigenvalue weighted by atomic mass is 9.94. The van der Waals surface area contributed by atoms with E-state index < -0.39 is 34.6 Å². The van der Waals surface area contributed by atoms with Crippen molar-refractivity contribution in [3.8, 4) is 11.1 Å². The molecular weight excluding hydrogens is 290 g/mol. The van der Waals surface area contributed by atoms with Crippen molar-refractivity contribution in [3.63, 3.8) is 0 Å². The molecule has 0 heterocycles. The number of carboxylic acid groups (broad SMARTS) is 3. The van der Waals surface area contributed by atoms with Crippen molar-refractivity contribution >= 4 is 23.6 Å². The lowest BCUT2D eigenvalue weighted by Crippen LogP contribution is -2.15. The van der Waals surface area contributed by atoms with Gasteiger partial charge in [0.2, 0.25) is 0 Å². The van der Waals surface area contributed by atoms with Crippen LogP contribution in [0.5, 0.6) is 0 Å². The monoisotopic (exact) mass is 301 g/mol. The van der Waals surface area contributed by atoms with Gasteiger partial charge < -0.3 is 21.1 Å². The highest BCUT2D eigenvalue weighted by molar-refractivity contribution is 6.10. The first-order valence-corrected chi connectivity index (χ1v) is 6.05. The summed E-state index contributed by atoms with van der Waals surface area (Å²) in [5.74, 6) is -4.65. The van der Waals surface area contributed by atoms with Gasteiger partial charge in [0.1, 0.15) is 0 Å². The Bertz CT molecular complexity index is 744. The van der Waals surface area contributed by atoms with Gasteiger partial charge in [-0.1, -0.05) is 12.1 Å². The van der Waals surface area contributed by atoms with Crippen molar-refractivity contribution in [1.29, 1.82) is 0 Å². The van der Waals surface area contributed by atoms with Crippen LogP contribution in [-0.2, 0) is 0 Å². The second kappa shape index (κ2) is 5.57. The molecule has 7 heteroatoms. The Morgan fingerprint density at radius 2 is 1.18 bits per heavy atom. The number of nitrogens with two attached hydrogens (primary N) is 1. The van der Waals surface area contributed by atoms with Crippen molar-refractivity contribution in [2.75, 3.05) is 5.73 Å². The van der Waals surface area contributed by atoms with Gasteiger partial charge in [0, 0.05) is 5.69 Å². The number of aromatic carboxylic acids is 3. The van der Waals surface area contributed by atoms with E-state index in [4.69, 9.17) is 21.1 Å². The second-order valence-electron chi connectivity index (χ2n) is 4.48. The van der Waals surface area contributed by atoms with E-state index in [1.54, 1.807) is 24.3 Å².